The molecule has 0 N–H and O–H groups in total. The second kappa shape index (κ2) is 6.09. The second-order valence-corrected chi connectivity index (χ2v) is 8.06. The molecule has 0 saturated carbocycles. The van der Waals surface area contributed by atoms with Crippen molar-refractivity contribution >= 4 is 0 Å². The van der Waals surface area contributed by atoms with Gasteiger partial charge in [-0.3, -0.25) is 0 Å². The van der Waals surface area contributed by atoms with Gasteiger partial charge in [0.05, 0.1) is 0 Å². The highest BCUT2D eigenvalue weighted by Gasteiger charge is 2.48. The Morgan fingerprint density at radius 2 is 1.17 bits per heavy atom. The van der Waals surface area contributed by atoms with E-state index in [9.17, 15) is 0 Å². The van der Waals surface area contributed by atoms with Crippen molar-refractivity contribution in [1.82, 2.24) is 0 Å². The van der Waals surface area contributed by atoms with Crippen LogP contribution < -0.4 is 0 Å². The maximum absolute atomic E-state index is 2.38. The van der Waals surface area contributed by atoms with Gasteiger partial charge in [-0.05, 0) is 42.4 Å². The average Bonchev–Trinajstić information content (AvgIpc) is 2.88. The van der Waals surface area contributed by atoms with Crippen LogP contribution >= 0.6 is 0 Å². The second-order valence-electron chi connectivity index (χ2n) is 8.06. The van der Waals surface area contributed by atoms with Crippen LogP contribution in [-0.2, 0) is 5.41 Å². The van der Waals surface area contributed by atoms with Gasteiger partial charge in [-0.25, -0.2) is 0 Å². The summed E-state index contributed by atoms with van der Waals surface area (Å²) in [4.78, 5) is 0. The first-order valence-electron chi connectivity index (χ1n) is 8.86. The van der Waals surface area contributed by atoms with E-state index in [1.54, 1.807) is 5.57 Å². The van der Waals surface area contributed by atoms with Crippen LogP contribution in [0.15, 0.2) is 83.5 Å². The smallest absolute Gasteiger partial charge is 0.0468 e. The molecule has 2 aromatic carbocycles. The lowest BCUT2D eigenvalue weighted by Crippen LogP contribution is -2.43. The Hall–Kier alpha value is -2.08. The molecule has 124 valence electrons. The molecule has 0 atom stereocenters. The van der Waals surface area contributed by atoms with Gasteiger partial charge in [0.2, 0.25) is 0 Å². The summed E-state index contributed by atoms with van der Waals surface area (Å²) in [5.74, 6) is 0. The van der Waals surface area contributed by atoms with E-state index in [1.165, 1.54) is 22.3 Å². The lowest BCUT2D eigenvalue weighted by atomic mass is 9.54. The van der Waals surface area contributed by atoms with Crippen molar-refractivity contribution < 1.29 is 0 Å². The van der Waals surface area contributed by atoms with Gasteiger partial charge in [-0.15, -0.1) is 0 Å². The molecule has 0 saturated heterocycles. The molecule has 0 amide bonds. The van der Waals surface area contributed by atoms with E-state index in [0.29, 0.717) is 0 Å². The summed E-state index contributed by atoms with van der Waals surface area (Å²) >= 11 is 0. The van der Waals surface area contributed by atoms with Crippen LogP contribution in [0.3, 0.4) is 0 Å². The van der Waals surface area contributed by atoms with E-state index >= 15 is 0 Å². The third kappa shape index (κ3) is 2.55. The van der Waals surface area contributed by atoms with Crippen molar-refractivity contribution in [3.63, 3.8) is 0 Å². The molecule has 0 heteroatoms. The molecule has 2 aromatic rings. The summed E-state index contributed by atoms with van der Waals surface area (Å²) in [6.45, 7) is 11.7. The third-order valence-corrected chi connectivity index (χ3v) is 5.39. The zero-order chi connectivity index (χ0) is 17.4. The first-order chi connectivity index (χ1) is 11.4. The molecule has 0 radical (unpaired) electrons. The molecular formula is C24H28. The minimum Gasteiger partial charge on any atom is -0.0689 e. The Balaban J connectivity index is 2.38. The Morgan fingerprint density at radius 3 is 1.50 bits per heavy atom. The fourth-order valence-corrected chi connectivity index (χ4v) is 4.56. The van der Waals surface area contributed by atoms with E-state index < -0.39 is 0 Å². The van der Waals surface area contributed by atoms with Gasteiger partial charge < -0.3 is 0 Å². The van der Waals surface area contributed by atoms with E-state index in [4.69, 9.17) is 0 Å². The number of hydrogen-bond acceptors (Lipinski definition) is 0. The molecule has 3 rings (SSSR count). The van der Waals surface area contributed by atoms with Gasteiger partial charge >= 0.3 is 0 Å². The summed E-state index contributed by atoms with van der Waals surface area (Å²) in [5.41, 5.74) is 7.16. The Morgan fingerprint density at radius 1 is 0.708 bits per heavy atom. The molecule has 1 aliphatic rings. The normalized spacial score (nSPS) is 15.6. The molecule has 0 aromatic heterocycles. The summed E-state index contributed by atoms with van der Waals surface area (Å²) in [7, 11) is 0. The molecule has 0 fully saturated rings. The molecule has 0 nitrogen and oxygen atoms in total. The minimum atomic E-state index is -0.117. The van der Waals surface area contributed by atoms with E-state index in [2.05, 4.69) is 101 Å². The largest absolute Gasteiger partial charge is 0.0689 e. The lowest BCUT2D eigenvalue weighted by Gasteiger charge is -2.48. The predicted octanol–water partition coefficient (Wildman–Crippen LogP) is 6.69. The number of benzene rings is 2. The molecule has 1 aliphatic carbocycles. The highest BCUT2D eigenvalue weighted by molar-refractivity contribution is 5.57. The highest BCUT2D eigenvalue weighted by Crippen LogP contribution is 2.55. The van der Waals surface area contributed by atoms with Crippen LogP contribution in [0.5, 0.6) is 0 Å². The maximum Gasteiger partial charge on any atom is 0.0468 e. The van der Waals surface area contributed by atoms with Crippen molar-refractivity contribution in [1.29, 1.82) is 0 Å². The highest BCUT2D eigenvalue weighted by atomic mass is 14.5. The van der Waals surface area contributed by atoms with Gasteiger partial charge in [-0.1, -0.05) is 98.7 Å². The fourth-order valence-electron chi connectivity index (χ4n) is 4.56. The van der Waals surface area contributed by atoms with Crippen LogP contribution in [0.2, 0.25) is 0 Å². The number of allylic oxidation sites excluding steroid dienone is 4. The number of hydrogen-bond donors (Lipinski definition) is 0. The quantitative estimate of drug-likeness (QED) is 0.592. The van der Waals surface area contributed by atoms with Crippen molar-refractivity contribution in [2.75, 3.05) is 0 Å². The topological polar surface area (TPSA) is 0 Å². The van der Waals surface area contributed by atoms with Crippen LogP contribution in [0.4, 0.5) is 0 Å². The predicted molar refractivity (Wildman–Crippen MR) is 104 cm³/mol. The van der Waals surface area contributed by atoms with Crippen LogP contribution in [-0.4, -0.2) is 0 Å². The Labute approximate surface area is 146 Å². The van der Waals surface area contributed by atoms with E-state index in [0.717, 1.165) is 6.42 Å². The van der Waals surface area contributed by atoms with Gasteiger partial charge in [0.15, 0.2) is 0 Å². The van der Waals surface area contributed by atoms with Crippen molar-refractivity contribution in [3.05, 3.63) is 94.6 Å². The zero-order valence-corrected chi connectivity index (χ0v) is 15.6. The van der Waals surface area contributed by atoms with Gasteiger partial charge in [-0.2, -0.15) is 0 Å². The first-order valence-corrected chi connectivity index (χ1v) is 8.86. The SMILES string of the molecule is CC1=CC(C)=C(C(c2ccccc2)(c2ccccc2)C(C)(C)C)C1. The Kier molecular flexibility index (Phi) is 4.25. The number of rotatable bonds is 3. The van der Waals surface area contributed by atoms with Crippen LogP contribution in [0.1, 0.15) is 52.2 Å². The van der Waals surface area contributed by atoms with Crippen molar-refractivity contribution in [3.8, 4) is 0 Å². The monoisotopic (exact) mass is 316 g/mol. The van der Waals surface area contributed by atoms with Crippen molar-refractivity contribution in [2.45, 2.75) is 46.5 Å². The first kappa shape index (κ1) is 16.8. The molecule has 0 heterocycles. The molecule has 0 spiro atoms. The maximum atomic E-state index is 2.38. The third-order valence-electron chi connectivity index (χ3n) is 5.39. The molecule has 0 unspecified atom stereocenters. The lowest BCUT2D eigenvalue weighted by molar-refractivity contribution is 0.263. The minimum absolute atomic E-state index is 0.0603. The molecular weight excluding hydrogens is 288 g/mol. The summed E-state index contributed by atoms with van der Waals surface area (Å²) in [5, 5.41) is 0. The summed E-state index contributed by atoms with van der Waals surface area (Å²) in [6.07, 6.45) is 3.43. The standard InChI is InChI=1S/C24H28/c1-18-16-19(2)22(17-18)24(23(3,4)5,20-12-8-6-9-13-20)21-14-10-7-11-15-21/h6-16H,17H2,1-5H3. The zero-order valence-electron chi connectivity index (χ0n) is 15.6. The summed E-state index contributed by atoms with van der Waals surface area (Å²) < 4.78 is 0. The van der Waals surface area contributed by atoms with Crippen LogP contribution in [0.25, 0.3) is 0 Å². The van der Waals surface area contributed by atoms with E-state index in [-0.39, 0.29) is 10.8 Å². The van der Waals surface area contributed by atoms with E-state index in [1.807, 2.05) is 0 Å². The molecule has 0 bridgehead atoms. The molecule has 0 aliphatic heterocycles. The van der Waals surface area contributed by atoms with Crippen molar-refractivity contribution in [2.24, 2.45) is 5.41 Å². The fraction of sp³-hybridized carbons (Fsp3) is 0.333. The average molecular weight is 316 g/mol. The van der Waals surface area contributed by atoms with Gasteiger partial charge in [0.1, 0.15) is 0 Å². The Bertz CT molecular complexity index is 728. The summed E-state index contributed by atoms with van der Waals surface area (Å²) in [6, 6.07) is 22.1. The molecule has 24 heavy (non-hydrogen) atoms. The van der Waals surface area contributed by atoms with Gasteiger partial charge in [0.25, 0.3) is 0 Å². The van der Waals surface area contributed by atoms with Gasteiger partial charge in [0, 0.05) is 5.41 Å². The van der Waals surface area contributed by atoms with Crippen LogP contribution in [0, 0.1) is 5.41 Å².